The van der Waals surface area contributed by atoms with Crippen molar-refractivity contribution in [2.24, 2.45) is 11.1 Å². The highest BCUT2D eigenvalue weighted by Gasteiger charge is 2.33. The van der Waals surface area contributed by atoms with Crippen LogP contribution in [0.5, 0.6) is 0 Å². The Balaban J connectivity index is 0.00000243. The number of nitrogens with one attached hydrogen (secondary N) is 1. The number of benzene rings is 1. The molecule has 6 nitrogen and oxygen atoms in total. The first-order valence-corrected chi connectivity index (χ1v) is 9.14. The van der Waals surface area contributed by atoms with Crippen molar-refractivity contribution in [1.29, 1.82) is 0 Å². The first kappa shape index (κ1) is 20.4. The number of halogens is 1. The highest BCUT2D eigenvalue weighted by Crippen LogP contribution is 2.38. The van der Waals surface area contributed by atoms with Crippen molar-refractivity contribution < 1.29 is 4.79 Å². The summed E-state index contributed by atoms with van der Waals surface area (Å²) in [6.07, 6.45) is 7.86. The van der Waals surface area contributed by atoms with E-state index in [9.17, 15) is 4.79 Å². The van der Waals surface area contributed by atoms with Crippen LogP contribution in [0.4, 0.5) is 5.69 Å². The lowest BCUT2D eigenvalue weighted by Crippen LogP contribution is -2.36. The number of nitrogens with zero attached hydrogens (tertiary/aromatic N) is 3. The molecule has 1 aromatic carbocycles. The van der Waals surface area contributed by atoms with E-state index >= 15 is 0 Å². The summed E-state index contributed by atoms with van der Waals surface area (Å²) < 4.78 is 1.97. The number of anilines is 1. The maximum atomic E-state index is 12.7. The second-order valence-corrected chi connectivity index (χ2v) is 6.98. The Morgan fingerprint density at radius 3 is 2.69 bits per heavy atom. The highest BCUT2D eigenvalue weighted by molar-refractivity contribution is 5.95. The van der Waals surface area contributed by atoms with E-state index in [1.807, 2.05) is 35.8 Å². The maximum absolute atomic E-state index is 12.7. The van der Waals surface area contributed by atoms with E-state index in [1.165, 1.54) is 19.3 Å². The van der Waals surface area contributed by atoms with Gasteiger partial charge in [-0.3, -0.25) is 4.79 Å². The predicted molar refractivity (Wildman–Crippen MR) is 106 cm³/mol. The van der Waals surface area contributed by atoms with Gasteiger partial charge in [-0.15, -0.1) is 22.6 Å². The van der Waals surface area contributed by atoms with E-state index in [-0.39, 0.29) is 23.7 Å². The van der Waals surface area contributed by atoms with Crippen LogP contribution in [0.2, 0.25) is 0 Å². The number of carbonyl (C=O) groups is 1. The Hall–Kier alpha value is -1.92. The van der Waals surface area contributed by atoms with Gasteiger partial charge >= 0.3 is 0 Å². The van der Waals surface area contributed by atoms with Crippen LogP contribution in [0.25, 0.3) is 11.4 Å². The molecule has 26 heavy (non-hydrogen) atoms. The zero-order valence-electron chi connectivity index (χ0n) is 15.3. The van der Waals surface area contributed by atoms with Gasteiger partial charge in [0.2, 0.25) is 5.91 Å². The summed E-state index contributed by atoms with van der Waals surface area (Å²) in [4.78, 5) is 12.7. The average molecular weight is 378 g/mol. The SMILES string of the molecule is CCn1cnnc1-c1ccccc1NC(=O)CC1(CN)CCCCC1.Cl. The minimum Gasteiger partial charge on any atom is -0.330 e. The molecule has 0 atom stereocenters. The molecule has 3 rings (SSSR count). The molecule has 1 aromatic heterocycles. The lowest BCUT2D eigenvalue weighted by Gasteiger charge is -2.35. The van der Waals surface area contributed by atoms with Crippen molar-refractivity contribution in [3.05, 3.63) is 30.6 Å². The van der Waals surface area contributed by atoms with Crippen molar-refractivity contribution in [2.75, 3.05) is 11.9 Å². The van der Waals surface area contributed by atoms with Gasteiger partial charge in [-0.1, -0.05) is 31.4 Å². The second kappa shape index (κ2) is 9.14. The fourth-order valence-corrected chi connectivity index (χ4v) is 3.77. The Labute approximate surface area is 161 Å². The number of aromatic nitrogens is 3. The highest BCUT2D eigenvalue weighted by atomic mass is 35.5. The molecule has 1 aliphatic carbocycles. The van der Waals surface area contributed by atoms with Gasteiger partial charge in [0.1, 0.15) is 6.33 Å². The van der Waals surface area contributed by atoms with Crippen LogP contribution in [-0.2, 0) is 11.3 Å². The van der Waals surface area contributed by atoms with Crippen LogP contribution < -0.4 is 11.1 Å². The van der Waals surface area contributed by atoms with E-state index in [2.05, 4.69) is 15.5 Å². The lowest BCUT2D eigenvalue weighted by atomic mass is 9.71. The van der Waals surface area contributed by atoms with Crippen LogP contribution in [-0.4, -0.2) is 27.2 Å². The molecule has 1 aliphatic rings. The molecule has 7 heteroatoms. The summed E-state index contributed by atoms with van der Waals surface area (Å²) in [6.45, 7) is 3.40. The van der Waals surface area contributed by atoms with Crippen LogP contribution in [0.1, 0.15) is 45.4 Å². The van der Waals surface area contributed by atoms with Crippen LogP contribution in [0.3, 0.4) is 0 Å². The Morgan fingerprint density at radius 1 is 1.27 bits per heavy atom. The van der Waals surface area contributed by atoms with Gasteiger partial charge in [0.15, 0.2) is 5.82 Å². The molecule has 1 fully saturated rings. The molecule has 3 N–H and O–H groups in total. The summed E-state index contributed by atoms with van der Waals surface area (Å²) in [5.74, 6) is 0.798. The molecule has 142 valence electrons. The fourth-order valence-electron chi connectivity index (χ4n) is 3.77. The van der Waals surface area contributed by atoms with Gasteiger partial charge in [-0.05, 0) is 43.9 Å². The number of para-hydroxylation sites is 1. The van der Waals surface area contributed by atoms with Crippen molar-refractivity contribution in [3.63, 3.8) is 0 Å². The number of amides is 1. The maximum Gasteiger partial charge on any atom is 0.224 e. The lowest BCUT2D eigenvalue weighted by molar-refractivity contribution is -0.118. The van der Waals surface area contributed by atoms with Gasteiger partial charge in [-0.25, -0.2) is 0 Å². The third-order valence-electron chi connectivity index (χ3n) is 5.28. The topological polar surface area (TPSA) is 85.8 Å². The molecule has 1 amide bonds. The zero-order chi connectivity index (χ0) is 17.7. The minimum absolute atomic E-state index is 0. The third-order valence-corrected chi connectivity index (χ3v) is 5.28. The minimum atomic E-state index is -0.0410. The van der Waals surface area contributed by atoms with Crippen LogP contribution in [0, 0.1) is 5.41 Å². The van der Waals surface area contributed by atoms with E-state index in [4.69, 9.17) is 5.73 Å². The van der Waals surface area contributed by atoms with Crippen molar-refractivity contribution in [1.82, 2.24) is 14.8 Å². The fraction of sp³-hybridized carbons (Fsp3) is 0.526. The smallest absolute Gasteiger partial charge is 0.224 e. The van der Waals surface area contributed by atoms with Gasteiger partial charge in [-0.2, -0.15) is 0 Å². The Kier molecular flexibility index (Phi) is 7.17. The summed E-state index contributed by atoms with van der Waals surface area (Å²) in [5.41, 5.74) is 7.65. The summed E-state index contributed by atoms with van der Waals surface area (Å²) in [5, 5.41) is 11.3. The molecule has 0 radical (unpaired) electrons. The summed E-state index contributed by atoms with van der Waals surface area (Å²) in [6, 6.07) is 7.75. The second-order valence-electron chi connectivity index (χ2n) is 6.98. The predicted octanol–water partition coefficient (Wildman–Crippen LogP) is 3.62. The normalized spacial score (nSPS) is 15.9. The zero-order valence-corrected chi connectivity index (χ0v) is 16.1. The van der Waals surface area contributed by atoms with E-state index in [0.717, 1.165) is 36.5 Å². The molecule has 0 aliphatic heterocycles. The van der Waals surface area contributed by atoms with Gasteiger partial charge in [0.25, 0.3) is 0 Å². The first-order chi connectivity index (χ1) is 12.2. The number of aryl methyl sites for hydroxylation is 1. The molecule has 1 heterocycles. The first-order valence-electron chi connectivity index (χ1n) is 9.14. The molecule has 2 aromatic rings. The summed E-state index contributed by atoms with van der Waals surface area (Å²) in [7, 11) is 0. The van der Waals surface area contributed by atoms with Crippen molar-refractivity contribution >= 4 is 24.0 Å². The molecular weight excluding hydrogens is 350 g/mol. The quantitative estimate of drug-likeness (QED) is 0.804. The molecule has 1 saturated carbocycles. The number of nitrogens with two attached hydrogens (primary N) is 1. The summed E-state index contributed by atoms with van der Waals surface area (Å²) >= 11 is 0. The van der Waals surface area contributed by atoms with E-state index in [0.29, 0.717) is 13.0 Å². The average Bonchev–Trinajstić information content (AvgIpc) is 3.11. The van der Waals surface area contributed by atoms with Crippen molar-refractivity contribution in [2.45, 2.75) is 52.0 Å². The molecule has 0 saturated heterocycles. The van der Waals surface area contributed by atoms with E-state index < -0.39 is 0 Å². The third kappa shape index (κ3) is 4.43. The van der Waals surface area contributed by atoms with Crippen molar-refractivity contribution in [3.8, 4) is 11.4 Å². The van der Waals surface area contributed by atoms with E-state index in [1.54, 1.807) is 6.33 Å². The molecular formula is C19H28ClN5O. The number of rotatable bonds is 6. The van der Waals surface area contributed by atoms with Gasteiger partial charge in [0.05, 0.1) is 5.69 Å². The monoisotopic (exact) mass is 377 g/mol. The number of hydrogen-bond donors (Lipinski definition) is 2. The van der Waals surface area contributed by atoms with Gasteiger partial charge in [0, 0.05) is 18.5 Å². The Morgan fingerprint density at radius 2 is 2.00 bits per heavy atom. The molecule has 0 bridgehead atoms. The van der Waals surface area contributed by atoms with Crippen LogP contribution >= 0.6 is 12.4 Å². The number of hydrogen-bond acceptors (Lipinski definition) is 4. The standard InChI is InChI=1S/C19H27N5O.ClH/c1-2-24-14-21-23-18(24)15-8-4-5-9-16(15)22-17(25)12-19(13-20)10-6-3-7-11-19;/h4-5,8-9,14H,2-3,6-7,10-13,20H2,1H3,(H,22,25);1H. The molecule has 0 spiro atoms. The number of carbonyl (C=O) groups excluding carboxylic acids is 1. The van der Waals surface area contributed by atoms with Crippen LogP contribution in [0.15, 0.2) is 30.6 Å². The molecule has 0 unspecified atom stereocenters. The largest absolute Gasteiger partial charge is 0.330 e. The van der Waals surface area contributed by atoms with Gasteiger partial charge < -0.3 is 15.6 Å². The Bertz CT molecular complexity index is 724.